The van der Waals surface area contributed by atoms with Gasteiger partial charge in [-0.15, -0.1) is 5.54 Å². The Kier molecular flexibility index (Phi) is 17.9. The Hall–Kier alpha value is 0.371. The minimum absolute atomic E-state index is 0. The number of hydrogen-bond acceptors (Lipinski definition) is 0. The van der Waals surface area contributed by atoms with Crippen molar-refractivity contribution in [3.63, 3.8) is 0 Å². The van der Waals surface area contributed by atoms with Gasteiger partial charge < -0.3 is 19.8 Å². The minimum atomic E-state index is -1.49. The molecule has 3 heteroatoms. The molecule has 146 valence electrons. The molecule has 0 bridgehead atoms. The van der Waals surface area contributed by atoms with Crippen molar-refractivity contribution in [1.82, 2.24) is 0 Å². The quantitative estimate of drug-likeness (QED) is 0.262. The van der Waals surface area contributed by atoms with Gasteiger partial charge in [0.05, 0.1) is 0 Å². The van der Waals surface area contributed by atoms with Gasteiger partial charge >= 0.3 is 21.7 Å². The molecule has 0 spiro atoms. The number of hydrogen-bond donors (Lipinski definition) is 0. The zero-order valence-corrected chi connectivity index (χ0v) is 21.7. The molecule has 4 atom stereocenters. The summed E-state index contributed by atoms with van der Waals surface area (Å²) in [5.74, 6) is 3.40. The van der Waals surface area contributed by atoms with Crippen LogP contribution in [0, 0.1) is 45.1 Å². The SMILES string of the molecule is CC1C(C)C(C)C([Si](C)(C)[N-]C(C)(C)C)C1C.[CH-]=C/C=C/C.[CH3-].[CH3-].[Ti+4]. The normalized spacial score (nSPS) is 28.8. The molecule has 1 rings (SSSR count). The van der Waals surface area contributed by atoms with E-state index in [-0.39, 0.29) is 42.1 Å². The molecule has 1 saturated carbocycles. The summed E-state index contributed by atoms with van der Waals surface area (Å²) < 4.78 is 0. The summed E-state index contributed by atoms with van der Waals surface area (Å²) in [7, 11) is -1.49. The molecule has 25 heavy (non-hydrogen) atoms. The maximum atomic E-state index is 5.23. The Labute approximate surface area is 177 Å². The van der Waals surface area contributed by atoms with Gasteiger partial charge in [-0.25, -0.2) is 12.2 Å². The third kappa shape index (κ3) is 10.3. The predicted octanol–water partition coefficient (Wildman–Crippen LogP) is 7.74. The fourth-order valence-corrected chi connectivity index (χ4v) is 9.49. The van der Waals surface area contributed by atoms with E-state index in [0.717, 1.165) is 29.2 Å². The van der Waals surface area contributed by atoms with Crippen LogP contribution in [0.5, 0.6) is 0 Å². The van der Waals surface area contributed by atoms with Crippen LogP contribution in [0.4, 0.5) is 0 Å². The Morgan fingerprint density at radius 1 is 0.880 bits per heavy atom. The Morgan fingerprint density at radius 2 is 1.24 bits per heavy atom. The number of rotatable bonds is 3. The van der Waals surface area contributed by atoms with Gasteiger partial charge in [0.15, 0.2) is 0 Å². The van der Waals surface area contributed by atoms with Crippen molar-refractivity contribution >= 4 is 8.24 Å². The summed E-state index contributed by atoms with van der Waals surface area (Å²) in [6.45, 7) is 28.3. The van der Waals surface area contributed by atoms with Gasteiger partial charge in [0, 0.05) is 0 Å². The molecule has 0 aliphatic heterocycles. The van der Waals surface area contributed by atoms with Crippen LogP contribution in [0.1, 0.15) is 55.4 Å². The van der Waals surface area contributed by atoms with Crippen molar-refractivity contribution in [2.45, 2.75) is 79.6 Å². The molecule has 1 nitrogen and oxygen atoms in total. The average molecular weight is 400 g/mol. The van der Waals surface area contributed by atoms with Crippen molar-refractivity contribution < 1.29 is 21.7 Å². The molecule has 0 aromatic heterocycles. The summed E-state index contributed by atoms with van der Waals surface area (Å²) in [6, 6.07) is 0. The molecule has 1 aliphatic carbocycles. The summed E-state index contributed by atoms with van der Waals surface area (Å²) in [6.07, 6.45) is 5.15. The van der Waals surface area contributed by atoms with E-state index >= 15 is 0 Å². The summed E-state index contributed by atoms with van der Waals surface area (Å²) >= 11 is 0. The summed E-state index contributed by atoms with van der Waals surface area (Å²) in [5, 5.41) is 0. The van der Waals surface area contributed by atoms with Crippen LogP contribution in [0.25, 0.3) is 4.98 Å². The van der Waals surface area contributed by atoms with Crippen LogP contribution in [0.3, 0.4) is 0 Å². The molecule has 4 unspecified atom stereocenters. The first-order valence-electron chi connectivity index (χ1n) is 8.79. The fraction of sp³-hybridized carbons (Fsp3) is 0.727. The molecule has 0 heterocycles. The first-order valence-corrected chi connectivity index (χ1v) is 11.8. The Balaban J connectivity index is -0.000000244. The maximum Gasteiger partial charge on any atom is 4.00 e. The van der Waals surface area contributed by atoms with Crippen molar-refractivity contribution in [2.75, 3.05) is 0 Å². The minimum Gasteiger partial charge on any atom is -0.660 e. The second kappa shape index (κ2) is 13.5. The van der Waals surface area contributed by atoms with Crippen LogP contribution in [-0.2, 0) is 21.7 Å². The summed E-state index contributed by atoms with van der Waals surface area (Å²) in [4.78, 5) is 5.23. The second-order valence-electron chi connectivity index (χ2n) is 8.62. The zero-order chi connectivity index (χ0) is 17.7. The second-order valence-corrected chi connectivity index (χ2v) is 12.8. The number of allylic oxidation sites excluding steroid dienone is 3. The molecule has 0 amide bonds. The van der Waals surface area contributed by atoms with Gasteiger partial charge in [-0.3, -0.25) is 6.58 Å². The molecule has 0 aromatic rings. The van der Waals surface area contributed by atoms with Gasteiger partial charge in [-0.1, -0.05) is 82.3 Å². The predicted molar refractivity (Wildman–Crippen MR) is 118 cm³/mol. The third-order valence-corrected chi connectivity index (χ3v) is 9.29. The van der Waals surface area contributed by atoms with Crippen molar-refractivity contribution in [2.24, 2.45) is 23.7 Å². The van der Waals surface area contributed by atoms with Crippen molar-refractivity contribution in [1.29, 1.82) is 0 Å². The maximum absolute atomic E-state index is 5.23. The van der Waals surface area contributed by atoms with E-state index in [0.29, 0.717) is 0 Å². The first kappa shape index (κ1) is 33.0. The topological polar surface area (TPSA) is 14.1 Å². The first-order chi connectivity index (χ1) is 9.89. The van der Waals surface area contributed by atoms with Crippen LogP contribution >= 0.6 is 0 Å². The van der Waals surface area contributed by atoms with E-state index in [1.165, 1.54) is 6.08 Å². The monoisotopic (exact) mass is 399 g/mol. The average Bonchev–Trinajstić information content (AvgIpc) is 2.53. The van der Waals surface area contributed by atoms with Gasteiger partial charge in [0.2, 0.25) is 0 Å². The Morgan fingerprint density at radius 3 is 1.44 bits per heavy atom. The van der Waals surface area contributed by atoms with Gasteiger partial charge in [0.25, 0.3) is 0 Å². The molecule has 0 aromatic carbocycles. The molecule has 0 N–H and O–H groups in total. The van der Waals surface area contributed by atoms with E-state index < -0.39 is 8.24 Å². The molecule has 0 saturated heterocycles. The standard InChI is InChI=1S/C15H32NSi.C5H7.2CH3.Ti/c1-10-11(2)13(4)14(12(10)3)17(8,9)16-15(5,6)7;1-3-5-4-2;;;/h10-14H,1-9H3;1,3-5H,2H3;2*1H3;/q4*-1;+4/b;5-4+;;;. The van der Waals surface area contributed by atoms with Gasteiger partial charge in [-0.2, -0.15) is 6.08 Å². The smallest absolute Gasteiger partial charge is 0.660 e. The molecule has 0 radical (unpaired) electrons. The van der Waals surface area contributed by atoms with E-state index in [2.05, 4.69) is 61.6 Å². The van der Waals surface area contributed by atoms with Crippen molar-refractivity contribution in [3.8, 4) is 0 Å². The van der Waals surface area contributed by atoms with Crippen LogP contribution < -0.4 is 0 Å². The van der Waals surface area contributed by atoms with Crippen LogP contribution in [-0.4, -0.2) is 13.8 Å². The Bertz CT molecular complexity index is 357. The van der Waals surface area contributed by atoms with Crippen LogP contribution in [0.2, 0.25) is 18.6 Å². The molecular weight excluding hydrogens is 354 g/mol. The fourth-order valence-electron chi connectivity index (χ4n) is 4.43. The number of nitrogens with zero attached hydrogens (tertiary/aromatic N) is 1. The summed E-state index contributed by atoms with van der Waals surface area (Å²) in [5.41, 5.74) is 0.983. The van der Waals surface area contributed by atoms with Gasteiger partial charge in [0.1, 0.15) is 0 Å². The zero-order valence-electron chi connectivity index (χ0n) is 19.1. The van der Waals surface area contributed by atoms with E-state index in [1.807, 2.05) is 13.0 Å². The molecule has 1 fully saturated rings. The van der Waals surface area contributed by atoms with Crippen LogP contribution in [0.15, 0.2) is 18.2 Å². The largest absolute Gasteiger partial charge is 4.00 e. The third-order valence-electron chi connectivity index (χ3n) is 5.36. The molecular formula is C22H45NSiTi. The van der Waals surface area contributed by atoms with Gasteiger partial charge in [-0.05, 0) is 23.7 Å². The molecule has 1 aliphatic rings. The van der Waals surface area contributed by atoms with E-state index in [9.17, 15) is 0 Å². The van der Waals surface area contributed by atoms with Crippen molar-refractivity contribution in [3.05, 3.63) is 44.6 Å². The van der Waals surface area contributed by atoms with E-state index in [4.69, 9.17) is 11.6 Å². The van der Waals surface area contributed by atoms with E-state index in [1.54, 1.807) is 6.08 Å².